The Hall–Kier alpha value is -2.07. The molecule has 26 heavy (non-hydrogen) atoms. The van der Waals surface area contributed by atoms with Crippen LogP contribution in [0.15, 0.2) is 48.7 Å². The van der Waals surface area contributed by atoms with Crippen molar-refractivity contribution in [3.63, 3.8) is 0 Å². The summed E-state index contributed by atoms with van der Waals surface area (Å²) >= 11 is 0. The first-order chi connectivity index (χ1) is 12.7. The summed E-state index contributed by atoms with van der Waals surface area (Å²) in [4.78, 5) is 17.8. The highest BCUT2D eigenvalue weighted by atomic mass is 16.2. The van der Waals surface area contributed by atoms with Gasteiger partial charge in [0.15, 0.2) is 0 Å². The number of carbonyl (C=O) groups is 1. The molecular weight excluding hydrogens is 322 g/mol. The van der Waals surface area contributed by atoms with Crippen molar-refractivity contribution in [3.8, 4) is 0 Å². The summed E-state index contributed by atoms with van der Waals surface area (Å²) in [6.45, 7) is 4.22. The van der Waals surface area contributed by atoms with E-state index in [0.717, 1.165) is 44.7 Å². The first-order valence-electron chi connectivity index (χ1n) is 9.89. The molecule has 3 aliphatic heterocycles. The van der Waals surface area contributed by atoms with Gasteiger partial charge in [-0.3, -0.25) is 4.79 Å². The van der Waals surface area contributed by atoms with Gasteiger partial charge < -0.3 is 14.4 Å². The van der Waals surface area contributed by atoms with Crippen LogP contribution in [0.4, 0.5) is 0 Å². The minimum Gasteiger partial charge on any atom is -0.347 e. The number of rotatable bonds is 5. The van der Waals surface area contributed by atoms with E-state index in [-0.39, 0.29) is 5.91 Å². The minimum absolute atomic E-state index is 0.207. The van der Waals surface area contributed by atoms with Crippen molar-refractivity contribution in [1.29, 1.82) is 0 Å². The number of nitrogens with zero attached hydrogens (tertiary/aromatic N) is 3. The molecule has 3 fully saturated rings. The average molecular weight is 351 g/mol. The van der Waals surface area contributed by atoms with E-state index in [4.69, 9.17) is 0 Å². The zero-order valence-electron chi connectivity index (χ0n) is 15.7. The van der Waals surface area contributed by atoms with Gasteiger partial charge >= 0.3 is 0 Å². The van der Waals surface area contributed by atoms with Crippen molar-refractivity contribution in [3.05, 3.63) is 59.9 Å². The Morgan fingerprint density at radius 1 is 1.04 bits per heavy atom. The highest BCUT2D eigenvalue weighted by molar-refractivity contribution is 5.93. The molecule has 3 saturated heterocycles. The summed E-state index contributed by atoms with van der Waals surface area (Å²) in [5, 5.41) is 0. The van der Waals surface area contributed by atoms with Crippen LogP contribution in [-0.4, -0.2) is 52.5 Å². The lowest BCUT2D eigenvalue weighted by molar-refractivity contribution is 0.0575. The summed E-state index contributed by atoms with van der Waals surface area (Å²) < 4.78 is 1.94. The van der Waals surface area contributed by atoms with E-state index >= 15 is 0 Å². The standard InChI is InChI=1S/C22H29N3O/c1-23-13-6-10-21(23)22(26)25-16-19-11-12-20(25)17-24(15-19)14-5-9-18-7-3-2-4-8-18/h2-4,6-8,10,13,19-20H,5,9,11-12,14-17H2,1H3/t19-,20+/m0/s1. The largest absolute Gasteiger partial charge is 0.347 e. The van der Waals surface area contributed by atoms with Crippen molar-refractivity contribution >= 4 is 5.91 Å². The number of fused-ring (bicyclic) bond motifs is 4. The van der Waals surface area contributed by atoms with Crippen LogP contribution in [0.1, 0.15) is 35.3 Å². The topological polar surface area (TPSA) is 28.5 Å². The molecule has 0 aliphatic carbocycles. The summed E-state index contributed by atoms with van der Waals surface area (Å²) in [6, 6.07) is 15.0. The zero-order valence-corrected chi connectivity index (χ0v) is 15.7. The van der Waals surface area contributed by atoms with Crippen LogP contribution in [0.3, 0.4) is 0 Å². The maximum Gasteiger partial charge on any atom is 0.270 e. The third-order valence-corrected chi connectivity index (χ3v) is 6.00. The SMILES string of the molecule is Cn1cccc1C(=O)N1C[C@H]2CC[C@@H]1CN(CCCc1ccccc1)C2. The highest BCUT2D eigenvalue weighted by Crippen LogP contribution is 2.29. The minimum atomic E-state index is 0.207. The normalized spacial score (nSPS) is 23.2. The molecule has 1 aromatic heterocycles. The van der Waals surface area contributed by atoms with Gasteiger partial charge in [0.25, 0.3) is 5.91 Å². The van der Waals surface area contributed by atoms with Gasteiger partial charge in [-0.15, -0.1) is 0 Å². The summed E-state index contributed by atoms with van der Waals surface area (Å²) in [6.07, 6.45) is 6.69. The Balaban J connectivity index is 1.37. The number of aromatic nitrogens is 1. The molecule has 2 aromatic rings. The number of hydrogen-bond acceptors (Lipinski definition) is 2. The lowest BCUT2D eigenvalue weighted by Gasteiger charge is -2.36. The monoisotopic (exact) mass is 351 g/mol. The van der Waals surface area contributed by atoms with E-state index in [0.29, 0.717) is 12.0 Å². The van der Waals surface area contributed by atoms with Crippen molar-refractivity contribution in [1.82, 2.24) is 14.4 Å². The van der Waals surface area contributed by atoms with E-state index < -0.39 is 0 Å². The van der Waals surface area contributed by atoms with Crippen molar-refractivity contribution in [2.45, 2.75) is 31.7 Å². The molecule has 4 nitrogen and oxygen atoms in total. The Bertz CT molecular complexity index is 739. The van der Waals surface area contributed by atoms with Gasteiger partial charge in [0.2, 0.25) is 0 Å². The predicted molar refractivity (Wildman–Crippen MR) is 104 cm³/mol. The fraction of sp³-hybridized carbons (Fsp3) is 0.500. The third kappa shape index (κ3) is 3.70. The Morgan fingerprint density at radius 3 is 2.65 bits per heavy atom. The van der Waals surface area contributed by atoms with E-state index in [2.05, 4.69) is 40.1 Å². The molecule has 4 heteroatoms. The number of aryl methyl sites for hydroxylation is 2. The van der Waals surface area contributed by atoms with Crippen molar-refractivity contribution in [2.75, 3.05) is 26.2 Å². The van der Waals surface area contributed by atoms with E-state index in [1.54, 1.807) is 0 Å². The van der Waals surface area contributed by atoms with Crippen molar-refractivity contribution < 1.29 is 4.79 Å². The molecule has 5 rings (SSSR count). The van der Waals surface area contributed by atoms with Crippen LogP contribution in [0.25, 0.3) is 0 Å². The summed E-state index contributed by atoms with van der Waals surface area (Å²) in [7, 11) is 1.96. The van der Waals surface area contributed by atoms with Gasteiger partial charge in [-0.25, -0.2) is 0 Å². The maximum atomic E-state index is 13.0. The van der Waals surface area contributed by atoms with Gasteiger partial charge in [0, 0.05) is 38.9 Å². The molecule has 0 radical (unpaired) electrons. The van der Waals surface area contributed by atoms with Crippen LogP contribution in [0.2, 0.25) is 0 Å². The van der Waals surface area contributed by atoms with E-state index in [9.17, 15) is 4.79 Å². The molecule has 1 aromatic carbocycles. The number of carbonyl (C=O) groups excluding carboxylic acids is 1. The second-order valence-electron chi connectivity index (χ2n) is 7.91. The third-order valence-electron chi connectivity index (χ3n) is 6.00. The van der Waals surface area contributed by atoms with Gasteiger partial charge in [-0.05, 0) is 55.8 Å². The van der Waals surface area contributed by atoms with Gasteiger partial charge in [-0.2, -0.15) is 0 Å². The molecule has 0 saturated carbocycles. The fourth-order valence-electron chi connectivity index (χ4n) is 4.59. The van der Waals surface area contributed by atoms with Crippen molar-refractivity contribution in [2.24, 2.45) is 13.0 Å². The Labute approximate surface area is 156 Å². The van der Waals surface area contributed by atoms with Crippen LogP contribution in [0, 0.1) is 5.92 Å². The zero-order chi connectivity index (χ0) is 17.9. The van der Waals surface area contributed by atoms with Gasteiger partial charge in [0.1, 0.15) is 5.69 Å². The number of amides is 1. The highest BCUT2D eigenvalue weighted by Gasteiger charge is 2.37. The number of benzene rings is 1. The van der Waals surface area contributed by atoms with Gasteiger partial charge in [0.05, 0.1) is 0 Å². The summed E-state index contributed by atoms with van der Waals surface area (Å²) in [5.41, 5.74) is 2.24. The predicted octanol–water partition coefficient (Wildman–Crippen LogP) is 3.19. The Morgan fingerprint density at radius 2 is 1.88 bits per heavy atom. The van der Waals surface area contributed by atoms with Crippen LogP contribution in [-0.2, 0) is 13.5 Å². The second-order valence-corrected chi connectivity index (χ2v) is 7.91. The first-order valence-corrected chi connectivity index (χ1v) is 9.89. The molecule has 4 heterocycles. The lowest BCUT2D eigenvalue weighted by Crippen LogP contribution is -2.47. The average Bonchev–Trinajstić information content (AvgIpc) is 2.89. The van der Waals surface area contributed by atoms with Crippen LogP contribution < -0.4 is 0 Å². The number of hydrogen-bond donors (Lipinski definition) is 0. The first kappa shape index (κ1) is 17.3. The molecular formula is C22H29N3O. The molecule has 0 N–H and O–H groups in total. The maximum absolute atomic E-state index is 13.0. The quantitative estimate of drug-likeness (QED) is 0.828. The Kier molecular flexibility index (Phi) is 5.11. The molecule has 0 unspecified atom stereocenters. The molecule has 3 aliphatic rings. The van der Waals surface area contributed by atoms with Crippen LogP contribution >= 0.6 is 0 Å². The molecule has 138 valence electrons. The van der Waals surface area contributed by atoms with Gasteiger partial charge in [-0.1, -0.05) is 30.3 Å². The number of piperidine rings is 1. The molecule has 2 bridgehead atoms. The fourth-order valence-corrected chi connectivity index (χ4v) is 4.59. The smallest absolute Gasteiger partial charge is 0.270 e. The second kappa shape index (κ2) is 7.67. The molecule has 2 atom stereocenters. The van der Waals surface area contributed by atoms with Crippen LogP contribution in [0.5, 0.6) is 0 Å². The van der Waals surface area contributed by atoms with E-state index in [1.807, 2.05) is 29.9 Å². The summed E-state index contributed by atoms with van der Waals surface area (Å²) in [5.74, 6) is 0.827. The molecule has 1 amide bonds. The lowest BCUT2D eigenvalue weighted by atomic mass is 9.94. The van der Waals surface area contributed by atoms with E-state index in [1.165, 1.54) is 18.4 Å². The molecule has 0 spiro atoms.